The SMILES string of the molecule is CCc1nn(C)c(NC(=O)CC2CC3CCC2C3)c1C. The molecule has 3 atom stereocenters. The minimum absolute atomic E-state index is 0.163. The van der Waals surface area contributed by atoms with E-state index in [1.54, 1.807) is 4.68 Å². The molecule has 1 amide bonds. The molecule has 3 unspecified atom stereocenters. The van der Waals surface area contributed by atoms with E-state index in [9.17, 15) is 4.79 Å². The topological polar surface area (TPSA) is 46.9 Å². The molecule has 1 aromatic rings. The maximum atomic E-state index is 12.3. The van der Waals surface area contributed by atoms with Gasteiger partial charge in [0.15, 0.2) is 0 Å². The van der Waals surface area contributed by atoms with E-state index in [2.05, 4.69) is 17.3 Å². The average Bonchev–Trinajstić information content (AvgIpc) is 3.09. The molecule has 4 nitrogen and oxygen atoms in total. The van der Waals surface area contributed by atoms with Crippen molar-refractivity contribution in [2.75, 3.05) is 5.32 Å². The molecule has 2 aliphatic carbocycles. The standard InChI is InChI=1S/C16H25N3O/c1-4-14-10(2)16(19(3)18-14)17-15(20)9-13-8-11-5-6-12(13)7-11/h11-13H,4-9H2,1-3H3,(H,17,20). The predicted octanol–water partition coefficient (Wildman–Crippen LogP) is 3.06. The second-order valence-corrected chi connectivity index (χ2v) is 6.58. The van der Waals surface area contributed by atoms with Crippen LogP contribution >= 0.6 is 0 Å². The number of aryl methyl sites for hydroxylation is 2. The van der Waals surface area contributed by atoms with Gasteiger partial charge in [0.2, 0.25) is 5.91 Å². The van der Waals surface area contributed by atoms with Crippen molar-refractivity contribution in [1.82, 2.24) is 9.78 Å². The molecule has 2 bridgehead atoms. The van der Waals surface area contributed by atoms with Gasteiger partial charge in [-0.1, -0.05) is 13.3 Å². The minimum Gasteiger partial charge on any atom is -0.311 e. The molecule has 4 heteroatoms. The van der Waals surface area contributed by atoms with Crippen LogP contribution in [0.4, 0.5) is 5.82 Å². The van der Waals surface area contributed by atoms with Gasteiger partial charge in [0, 0.05) is 19.0 Å². The molecule has 1 N–H and O–H groups in total. The third-order valence-corrected chi connectivity index (χ3v) is 5.31. The normalized spacial score (nSPS) is 28.1. The number of nitrogens with one attached hydrogen (secondary N) is 1. The van der Waals surface area contributed by atoms with Crippen LogP contribution in [0.1, 0.15) is 50.3 Å². The van der Waals surface area contributed by atoms with Crippen LogP contribution in [0, 0.1) is 24.7 Å². The summed E-state index contributed by atoms with van der Waals surface area (Å²) in [6.07, 6.45) is 6.96. The molecule has 1 aromatic heterocycles. The van der Waals surface area contributed by atoms with E-state index in [0.717, 1.165) is 35.3 Å². The van der Waals surface area contributed by atoms with Crippen LogP contribution in [0.15, 0.2) is 0 Å². The highest BCUT2D eigenvalue weighted by atomic mass is 16.1. The molecular formula is C16H25N3O. The molecule has 0 saturated heterocycles. The summed E-state index contributed by atoms with van der Waals surface area (Å²) in [6.45, 7) is 4.13. The highest BCUT2D eigenvalue weighted by molar-refractivity contribution is 5.90. The Morgan fingerprint density at radius 1 is 1.40 bits per heavy atom. The van der Waals surface area contributed by atoms with E-state index >= 15 is 0 Å². The first-order valence-electron chi connectivity index (χ1n) is 7.90. The summed E-state index contributed by atoms with van der Waals surface area (Å²) in [4.78, 5) is 12.3. The number of anilines is 1. The van der Waals surface area contributed by atoms with Crippen molar-refractivity contribution in [3.63, 3.8) is 0 Å². The minimum atomic E-state index is 0.163. The molecule has 110 valence electrons. The third-order valence-electron chi connectivity index (χ3n) is 5.31. The van der Waals surface area contributed by atoms with E-state index in [4.69, 9.17) is 0 Å². The number of hydrogen-bond donors (Lipinski definition) is 1. The fourth-order valence-corrected chi connectivity index (χ4v) is 4.24. The number of hydrogen-bond acceptors (Lipinski definition) is 2. The van der Waals surface area contributed by atoms with Gasteiger partial charge in [-0.25, -0.2) is 0 Å². The zero-order valence-corrected chi connectivity index (χ0v) is 12.8. The Hall–Kier alpha value is -1.32. The number of aromatic nitrogens is 2. The van der Waals surface area contributed by atoms with Crippen molar-refractivity contribution in [2.24, 2.45) is 24.8 Å². The summed E-state index contributed by atoms with van der Waals surface area (Å²) in [5.41, 5.74) is 2.18. The Balaban J connectivity index is 1.63. The lowest BCUT2D eigenvalue weighted by molar-refractivity contribution is -0.117. The van der Waals surface area contributed by atoms with Crippen molar-refractivity contribution in [3.8, 4) is 0 Å². The smallest absolute Gasteiger partial charge is 0.225 e. The Morgan fingerprint density at radius 3 is 2.75 bits per heavy atom. The van der Waals surface area contributed by atoms with Gasteiger partial charge in [0.25, 0.3) is 0 Å². The van der Waals surface area contributed by atoms with Gasteiger partial charge >= 0.3 is 0 Å². The Morgan fingerprint density at radius 2 is 2.20 bits per heavy atom. The van der Waals surface area contributed by atoms with Crippen LogP contribution in [0.2, 0.25) is 0 Å². The van der Waals surface area contributed by atoms with Gasteiger partial charge in [-0.05, 0) is 50.4 Å². The number of fused-ring (bicyclic) bond motifs is 2. The molecule has 0 aliphatic heterocycles. The lowest BCUT2D eigenvalue weighted by Crippen LogP contribution is -2.21. The summed E-state index contributed by atoms with van der Waals surface area (Å²) < 4.78 is 1.80. The molecule has 2 saturated carbocycles. The summed E-state index contributed by atoms with van der Waals surface area (Å²) in [5, 5.41) is 7.53. The van der Waals surface area contributed by atoms with Crippen LogP contribution in [-0.4, -0.2) is 15.7 Å². The number of rotatable bonds is 4. The highest BCUT2D eigenvalue weighted by Gasteiger charge is 2.40. The zero-order chi connectivity index (χ0) is 14.3. The van der Waals surface area contributed by atoms with Crippen LogP contribution in [0.5, 0.6) is 0 Å². The fraction of sp³-hybridized carbons (Fsp3) is 0.750. The van der Waals surface area contributed by atoms with E-state index in [0.29, 0.717) is 12.3 Å². The maximum absolute atomic E-state index is 12.3. The molecule has 0 spiro atoms. The van der Waals surface area contributed by atoms with Crippen molar-refractivity contribution in [1.29, 1.82) is 0 Å². The van der Waals surface area contributed by atoms with Crippen molar-refractivity contribution in [2.45, 2.75) is 52.4 Å². The van der Waals surface area contributed by atoms with E-state index in [1.165, 1.54) is 25.7 Å². The van der Waals surface area contributed by atoms with Gasteiger partial charge < -0.3 is 5.32 Å². The quantitative estimate of drug-likeness (QED) is 0.918. The van der Waals surface area contributed by atoms with Crippen molar-refractivity contribution < 1.29 is 4.79 Å². The highest BCUT2D eigenvalue weighted by Crippen LogP contribution is 2.49. The van der Waals surface area contributed by atoms with Gasteiger partial charge in [0.05, 0.1) is 5.69 Å². The summed E-state index contributed by atoms with van der Waals surface area (Å²) in [6, 6.07) is 0. The molecule has 1 heterocycles. The maximum Gasteiger partial charge on any atom is 0.225 e. The third kappa shape index (κ3) is 2.36. The first-order valence-corrected chi connectivity index (χ1v) is 7.90. The summed E-state index contributed by atoms with van der Waals surface area (Å²) >= 11 is 0. The zero-order valence-electron chi connectivity index (χ0n) is 12.8. The number of nitrogens with zero attached hydrogens (tertiary/aromatic N) is 2. The Labute approximate surface area is 120 Å². The summed E-state index contributed by atoms with van der Waals surface area (Å²) in [7, 11) is 1.90. The fourth-order valence-electron chi connectivity index (χ4n) is 4.24. The molecule has 2 fully saturated rings. The summed E-state index contributed by atoms with van der Waals surface area (Å²) in [5.74, 6) is 3.37. The number of amides is 1. The van der Waals surface area contributed by atoms with Crippen LogP contribution in [0.25, 0.3) is 0 Å². The lowest BCUT2D eigenvalue weighted by atomic mass is 9.86. The van der Waals surface area contributed by atoms with E-state index in [1.807, 2.05) is 14.0 Å². The predicted molar refractivity (Wildman–Crippen MR) is 79.5 cm³/mol. The second kappa shape index (κ2) is 5.23. The van der Waals surface area contributed by atoms with Crippen molar-refractivity contribution in [3.05, 3.63) is 11.3 Å². The monoisotopic (exact) mass is 275 g/mol. The molecular weight excluding hydrogens is 250 g/mol. The van der Waals surface area contributed by atoms with Crippen LogP contribution in [0.3, 0.4) is 0 Å². The molecule has 0 aromatic carbocycles. The van der Waals surface area contributed by atoms with E-state index < -0.39 is 0 Å². The van der Waals surface area contributed by atoms with E-state index in [-0.39, 0.29) is 5.91 Å². The first kappa shape index (κ1) is 13.7. The number of carbonyl (C=O) groups excluding carboxylic acids is 1. The van der Waals surface area contributed by atoms with Gasteiger partial charge in [-0.2, -0.15) is 5.10 Å². The lowest BCUT2D eigenvalue weighted by Gasteiger charge is -2.21. The molecule has 3 rings (SSSR count). The first-order chi connectivity index (χ1) is 9.58. The largest absolute Gasteiger partial charge is 0.311 e. The molecule has 2 aliphatic rings. The van der Waals surface area contributed by atoms with Gasteiger partial charge in [-0.3, -0.25) is 9.48 Å². The Bertz CT molecular complexity index is 520. The van der Waals surface area contributed by atoms with Crippen LogP contribution < -0.4 is 5.32 Å². The van der Waals surface area contributed by atoms with Gasteiger partial charge in [-0.15, -0.1) is 0 Å². The van der Waals surface area contributed by atoms with Crippen molar-refractivity contribution >= 4 is 11.7 Å². The second-order valence-electron chi connectivity index (χ2n) is 6.58. The van der Waals surface area contributed by atoms with Gasteiger partial charge in [0.1, 0.15) is 5.82 Å². The number of carbonyl (C=O) groups is 1. The Kier molecular flexibility index (Phi) is 3.57. The average molecular weight is 275 g/mol. The molecule has 20 heavy (non-hydrogen) atoms. The van der Waals surface area contributed by atoms with Crippen LogP contribution in [-0.2, 0) is 18.3 Å². The molecule has 0 radical (unpaired) electrons.